The van der Waals surface area contributed by atoms with Crippen LogP contribution in [0.5, 0.6) is 5.75 Å². The third-order valence-corrected chi connectivity index (χ3v) is 4.63. The van der Waals surface area contributed by atoms with Crippen molar-refractivity contribution in [2.75, 3.05) is 39.3 Å². The number of amides is 2. The number of carbonyl (C=O) groups excluding carboxylic acids is 2. The van der Waals surface area contributed by atoms with Crippen LogP contribution < -0.4 is 10.1 Å². The molecule has 0 atom stereocenters. The normalized spacial score (nSPS) is 15.2. The number of hydrogen-bond acceptors (Lipinski definition) is 4. The minimum Gasteiger partial charge on any atom is -0.494 e. The molecule has 0 unspecified atom stereocenters. The first-order valence-electron chi connectivity index (χ1n) is 9.12. The van der Waals surface area contributed by atoms with Crippen molar-refractivity contribution in [2.45, 2.75) is 32.7 Å². The number of halogens is 1. The van der Waals surface area contributed by atoms with E-state index in [4.69, 9.17) is 4.74 Å². The summed E-state index contributed by atoms with van der Waals surface area (Å²) < 4.78 is 6.64. The Morgan fingerprint density at radius 3 is 2.62 bits per heavy atom. The van der Waals surface area contributed by atoms with E-state index >= 15 is 0 Å². The molecule has 1 heterocycles. The highest BCUT2D eigenvalue weighted by Crippen LogP contribution is 2.18. The Bertz CT molecular complexity index is 601. The molecular weight excluding hydrogens is 398 g/mol. The molecule has 2 amide bonds. The van der Waals surface area contributed by atoms with E-state index in [2.05, 4.69) is 26.1 Å². The molecule has 1 aliphatic rings. The molecule has 144 valence electrons. The standard InChI is InChI=1S/C19H28BrN3O3/c1-15(2)21-18(24)14-22-8-10-23(11-9-22)19(25)7-4-12-26-17-6-3-5-16(20)13-17/h3,5-6,13,15H,4,7-12,14H2,1-2H3,(H,21,24). The highest BCUT2D eigenvalue weighted by molar-refractivity contribution is 9.10. The second-order valence-electron chi connectivity index (χ2n) is 6.79. The lowest BCUT2D eigenvalue weighted by atomic mass is 10.2. The van der Waals surface area contributed by atoms with Gasteiger partial charge in [-0.05, 0) is 38.5 Å². The van der Waals surface area contributed by atoms with E-state index in [-0.39, 0.29) is 17.9 Å². The molecule has 6 nitrogen and oxygen atoms in total. The molecule has 0 spiro atoms. The van der Waals surface area contributed by atoms with Crippen molar-refractivity contribution in [3.8, 4) is 5.75 Å². The first-order valence-corrected chi connectivity index (χ1v) is 9.91. The molecule has 0 aliphatic carbocycles. The quantitative estimate of drug-likeness (QED) is 0.648. The van der Waals surface area contributed by atoms with Crippen molar-refractivity contribution >= 4 is 27.7 Å². The van der Waals surface area contributed by atoms with E-state index in [9.17, 15) is 9.59 Å². The van der Waals surface area contributed by atoms with Crippen LogP contribution >= 0.6 is 15.9 Å². The van der Waals surface area contributed by atoms with E-state index in [1.807, 2.05) is 43.0 Å². The monoisotopic (exact) mass is 425 g/mol. The highest BCUT2D eigenvalue weighted by Gasteiger charge is 2.22. The molecule has 1 N–H and O–H groups in total. The Balaban J connectivity index is 1.61. The van der Waals surface area contributed by atoms with Crippen molar-refractivity contribution in [3.63, 3.8) is 0 Å². The number of hydrogen-bond donors (Lipinski definition) is 1. The summed E-state index contributed by atoms with van der Waals surface area (Å²) in [4.78, 5) is 28.1. The van der Waals surface area contributed by atoms with Gasteiger partial charge in [-0.15, -0.1) is 0 Å². The fourth-order valence-corrected chi connectivity index (χ4v) is 3.23. The van der Waals surface area contributed by atoms with Gasteiger partial charge in [-0.25, -0.2) is 0 Å². The molecule has 2 rings (SSSR count). The first-order chi connectivity index (χ1) is 12.4. The van der Waals surface area contributed by atoms with Crippen LogP contribution in [0.2, 0.25) is 0 Å². The lowest BCUT2D eigenvalue weighted by Crippen LogP contribution is -2.51. The number of nitrogens with zero attached hydrogens (tertiary/aromatic N) is 2. The van der Waals surface area contributed by atoms with Crippen LogP contribution in [0.4, 0.5) is 0 Å². The van der Waals surface area contributed by atoms with Gasteiger partial charge in [0.05, 0.1) is 13.2 Å². The Hall–Kier alpha value is -1.60. The van der Waals surface area contributed by atoms with Gasteiger partial charge in [0.1, 0.15) is 5.75 Å². The number of carbonyl (C=O) groups is 2. The van der Waals surface area contributed by atoms with Gasteiger partial charge in [0.15, 0.2) is 0 Å². The molecule has 0 saturated carbocycles. The predicted molar refractivity (Wildman–Crippen MR) is 105 cm³/mol. The number of piperazine rings is 1. The summed E-state index contributed by atoms with van der Waals surface area (Å²) in [5.41, 5.74) is 0. The Labute approximate surface area is 164 Å². The Kier molecular flexibility index (Phi) is 8.38. The maximum atomic E-state index is 12.3. The molecule has 0 aromatic heterocycles. The van der Waals surface area contributed by atoms with Crippen LogP contribution in [-0.4, -0.2) is 67.0 Å². The number of rotatable bonds is 8. The maximum Gasteiger partial charge on any atom is 0.234 e. The lowest BCUT2D eigenvalue weighted by molar-refractivity contribution is -0.133. The van der Waals surface area contributed by atoms with E-state index in [0.717, 1.165) is 23.3 Å². The fraction of sp³-hybridized carbons (Fsp3) is 0.579. The van der Waals surface area contributed by atoms with Gasteiger partial charge in [0.25, 0.3) is 0 Å². The largest absolute Gasteiger partial charge is 0.494 e. The van der Waals surface area contributed by atoms with Crippen molar-refractivity contribution in [1.82, 2.24) is 15.1 Å². The van der Waals surface area contributed by atoms with Crippen LogP contribution in [0.25, 0.3) is 0 Å². The van der Waals surface area contributed by atoms with E-state index in [1.54, 1.807) is 0 Å². The van der Waals surface area contributed by atoms with Crippen LogP contribution in [0.1, 0.15) is 26.7 Å². The summed E-state index contributed by atoms with van der Waals surface area (Å²) in [6.45, 7) is 7.68. The molecule has 1 aromatic carbocycles. The van der Waals surface area contributed by atoms with Crippen LogP contribution in [-0.2, 0) is 9.59 Å². The minimum atomic E-state index is 0.0458. The average molecular weight is 426 g/mol. The van der Waals surface area contributed by atoms with Gasteiger partial charge in [-0.2, -0.15) is 0 Å². The van der Waals surface area contributed by atoms with Crippen molar-refractivity contribution in [2.24, 2.45) is 0 Å². The van der Waals surface area contributed by atoms with E-state index in [1.165, 1.54) is 0 Å². The second kappa shape index (κ2) is 10.5. The van der Waals surface area contributed by atoms with Crippen LogP contribution in [0.15, 0.2) is 28.7 Å². The van der Waals surface area contributed by atoms with Crippen LogP contribution in [0.3, 0.4) is 0 Å². The van der Waals surface area contributed by atoms with Gasteiger partial charge in [0, 0.05) is 43.1 Å². The van der Waals surface area contributed by atoms with Gasteiger partial charge in [0.2, 0.25) is 11.8 Å². The minimum absolute atomic E-state index is 0.0458. The van der Waals surface area contributed by atoms with E-state index < -0.39 is 0 Å². The molecule has 1 fully saturated rings. The Morgan fingerprint density at radius 1 is 1.23 bits per heavy atom. The summed E-state index contributed by atoms with van der Waals surface area (Å²) in [7, 11) is 0. The molecular formula is C19H28BrN3O3. The molecule has 1 aliphatic heterocycles. The molecule has 26 heavy (non-hydrogen) atoms. The van der Waals surface area contributed by atoms with Gasteiger partial charge in [-0.3, -0.25) is 14.5 Å². The first kappa shape index (κ1) is 20.7. The number of ether oxygens (including phenoxy) is 1. The lowest BCUT2D eigenvalue weighted by Gasteiger charge is -2.34. The average Bonchev–Trinajstić information content (AvgIpc) is 2.58. The number of nitrogens with one attached hydrogen (secondary N) is 1. The zero-order valence-corrected chi connectivity index (χ0v) is 17.1. The molecule has 1 aromatic rings. The predicted octanol–water partition coefficient (Wildman–Crippen LogP) is 2.28. The number of benzene rings is 1. The summed E-state index contributed by atoms with van der Waals surface area (Å²) in [6.07, 6.45) is 1.18. The molecule has 7 heteroatoms. The summed E-state index contributed by atoms with van der Waals surface area (Å²) >= 11 is 3.41. The summed E-state index contributed by atoms with van der Waals surface area (Å²) in [6, 6.07) is 7.84. The van der Waals surface area contributed by atoms with Crippen molar-refractivity contribution in [3.05, 3.63) is 28.7 Å². The topological polar surface area (TPSA) is 61.9 Å². The zero-order chi connectivity index (χ0) is 18.9. The molecule has 1 saturated heterocycles. The fourth-order valence-electron chi connectivity index (χ4n) is 2.85. The van der Waals surface area contributed by atoms with E-state index in [0.29, 0.717) is 39.1 Å². The zero-order valence-electron chi connectivity index (χ0n) is 15.5. The van der Waals surface area contributed by atoms with Gasteiger partial charge in [-0.1, -0.05) is 22.0 Å². The smallest absolute Gasteiger partial charge is 0.234 e. The van der Waals surface area contributed by atoms with Crippen molar-refractivity contribution in [1.29, 1.82) is 0 Å². The highest BCUT2D eigenvalue weighted by atomic mass is 79.9. The third-order valence-electron chi connectivity index (χ3n) is 4.14. The molecule has 0 bridgehead atoms. The second-order valence-corrected chi connectivity index (χ2v) is 7.70. The Morgan fingerprint density at radius 2 is 1.96 bits per heavy atom. The summed E-state index contributed by atoms with van der Waals surface area (Å²) in [5, 5.41) is 2.90. The van der Waals surface area contributed by atoms with Crippen molar-refractivity contribution < 1.29 is 14.3 Å². The van der Waals surface area contributed by atoms with Crippen LogP contribution in [0, 0.1) is 0 Å². The SMILES string of the molecule is CC(C)NC(=O)CN1CCN(C(=O)CCCOc2cccc(Br)c2)CC1. The third kappa shape index (κ3) is 7.33. The van der Waals surface area contributed by atoms with Gasteiger partial charge >= 0.3 is 0 Å². The maximum absolute atomic E-state index is 12.3. The summed E-state index contributed by atoms with van der Waals surface area (Å²) in [5.74, 6) is 1.01. The molecule has 0 radical (unpaired) electrons. The van der Waals surface area contributed by atoms with Gasteiger partial charge < -0.3 is 15.0 Å².